The van der Waals surface area contributed by atoms with Crippen molar-refractivity contribution in [3.8, 4) is 0 Å². The normalized spacial score (nSPS) is 13.9. The Morgan fingerprint density at radius 2 is 0.744 bits per heavy atom. The van der Waals surface area contributed by atoms with Gasteiger partial charge in [-0.25, -0.2) is 0 Å². The highest BCUT2D eigenvalue weighted by Gasteiger charge is 2.23. The Hall–Kier alpha value is -1.28. The first-order valence-electron chi connectivity index (χ1n) is 34.4. The largest absolute Gasteiger partial charge is 0.756 e. The van der Waals surface area contributed by atoms with Crippen molar-refractivity contribution in [1.82, 2.24) is 5.32 Å². The predicted octanol–water partition coefficient (Wildman–Crippen LogP) is 21.0. The number of unbranched alkanes of at least 4 members (excludes halogenated alkanes) is 47. The van der Waals surface area contributed by atoms with E-state index >= 15 is 0 Å². The molecule has 0 aliphatic heterocycles. The number of nitrogens with one attached hydrogen (secondary N) is 1. The molecule has 9 heteroatoms. The standard InChI is InChI=1S/C69H135N2O6P/c1-6-8-10-12-14-16-18-20-22-24-26-28-30-32-34-35-37-39-41-43-45-47-49-51-53-55-57-59-61-63-69(73)70-67(66-77-78(74,75)76-65-64-71(3,4)5)68(72)62-60-58-56-54-52-50-48-46-44-42-40-38-36-33-31-29-27-25-23-21-19-17-15-13-11-9-7-2/h18,20,24,26,60,62,67-68,72H,6-17,19,21-23,25,27-59,61,63-66H2,1-5H3,(H-,70,73,74,75)/b20-18-,26-24-,62-60+. The Morgan fingerprint density at radius 3 is 1.06 bits per heavy atom. The van der Waals surface area contributed by atoms with E-state index in [4.69, 9.17) is 9.05 Å². The Morgan fingerprint density at radius 1 is 0.449 bits per heavy atom. The van der Waals surface area contributed by atoms with E-state index in [0.717, 1.165) is 44.9 Å². The van der Waals surface area contributed by atoms with Crippen LogP contribution in [0.5, 0.6) is 0 Å². The first kappa shape index (κ1) is 76.7. The minimum absolute atomic E-state index is 0.000775. The fourth-order valence-corrected chi connectivity index (χ4v) is 11.2. The third-order valence-electron chi connectivity index (χ3n) is 15.8. The minimum atomic E-state index is -4.60. The average molecular weight is 1120 g/mol. The summed E-state index contributed by atoms with van der Waals surface area (Å²) in [5.41, 5.74) is 0. The van der Waals surface area contributed by atoms with Crippen molar-refractivity contribution < 1.29 is 32.9 Å². The molecule has 0 aromatic carbocycles. The summed E-state index contributed by atoms with van der Waals surface area (Å²) in [4.78, 5) is 25.6. The van der Waals surface area contributed by atoms with Gasteiger partial charge in [0.25, 0.3) is 7.82 Å². The molecule has 0 aliphatic rings. The summed E-state index contributed by atoms with van der Waals surface area (Å²) in [6, 6.07) is -0.887. The molecule has 2 N–H and O–H groups in total. The third kappa shape index (κ3) is 62.3. The smallest absolute Gasteiger partial charge is 0.268 e. The zero-order valence-electron chi connectivity index (χ0n) is 52.9. The number of amides is 1. The van der Waals surface area contributed by atoms with E-state index in [1.165, 1.54) is 283 Å². The van der Waals surface area contributed by atoms with Crippen molar-refractivity contribution in [2.24, 2.45) is 0 Å². The maximum Gasteiger partial charge on any atom is 0.268 e. The van der Waals surface area contributed by atoms with Crippen molar-refractivity contribution in [3.63, 3.8) is 0 Å². The molecule has 0 aromatic heterocycles. The van der Waals surface area contributed by atoms with Crippen molar-refractivity contribution in [1.29, 1.82) is 0 Å². The second-order valence-electron chi connectivity index (χ2n) is 24.9. The number of phosphoric ester groups is 1. The molecule has 0 bridgehead atoms. The lowest BCUT2D eigenvalue weighted by Crippen LogP contribution is -2.45. The van der Waals surface area contributed by atoms with Crippen LogP contribution in [0.4, 0.5) is 0 Å². The van der Waals surface area contributed by atoms with E-state index in [1.54, 1.807) is 6.08 Å². The molecule has 0 spiro atoms. The fraction of sp³-hybridized carbons (Fsp3) is 0.899. The van der Waals surface area contributed by atoms with Crippen LogP contribution in [0.1, 0.15) is 348 Å². The number of aliphatic hydroxyl groups excluding tert-OH is 1. The lowest BCUT2D eigenvalue weighted by atomic mass is 10.0. The number of likely N-dealkylation sites (N-methyl/N-ethyl adjacent to an activating group) is 1. The van der Waals surface area contributed by atoms with Gasteiger partial charge in [-0.3, -0.25) is 9.36 Å². The van der Waals surface area contributed by atoms with Crippen LogP contribution in [-0.4, -0.2) is 68.5 Å². The molecule has 3 unspecified atom stereocenters. The number of rotatable bonds is 64. The van der Waals surface area contributed by atoms with Gasteiger partial charge in [0.15, 0.2) is 0 Å². The van der Waals surface area contributed by atoms with Gasteiger partial charge in [-0.15, -0.1) is 0 Å². The molecule has 0 aromatic rings. The van der Waals surface area contributed by atoms with Gasteiger partial charge in [0.2, 0.25) is 5.91 Å². The second-order valence-corrected chi connectivity index (χ2v) is 26.3. The maximum absolute atomic E-state index is 13.0. The van der Waals surface area contributed by atoms with E-state index in [-0.39, 0.29) is 19.1 Å². The Balaban J connectivity index is 4.07. The zero-order chi connectivity index (χ0) is 57.0. The lowest BCUT2D eigenvalue weighted by molar-refractivity contribution is -0.870. The van der Waals surface area contributed by atoms with E-state index in [0.29, 0.717) is 17.4 Å². The van der Waals surface area contributed by atoms with Crippen molar-refractivity contribution >= 4 is 13.7 Å². The number of hydrogen-bond acceptors (Lipinski definition) is 6. The number of aliphatic hydroxyl groups is 1. The summed E-state index contributed by atoms with van der Waals surface area (Å²) in [7, 11) is 1.28. The van der Waals surface area contributed by atoms with Gasteiger partial charge in [0, 0.05) is 6.42 Å². The summed E-state index contributed by atoms with van der Waals surface area (Å²) in [6.07, 6.45) is 79.7. The molecule has 0 saturated heterocycles. The highest BCUT2D eigenvalue weighted by molar-refractivity contribution is 7.45. The SMILES string of the molecule is CCCCCCC/C=C\C/C=C\CCCCCCCCCCCCCCCCCCCC(=O)NC(COP(=O)([O-])OCC[N+](C)(C)C)C(O)/C=C/CCCCCCCCCCCCCCCCCCCCCCCCCCC. The van der Waals surface area contributed by atoms with Crippen molar-refractivity contribution in [3.05, 3.63) is 36.5 Å². The summed E-state index contributed by atoms with van der Waals surface area (Å²) in [6.45, 7) is 4.69. The van der Waals surface area contributed by atoms with E-state index in [2.05, 4.69) is 43.5 Å². The molecule has 462 valence electrons. The quantitative estimate of drug-likeness (QED) is 0.0272. The third-order valence-corrected chi connectivity index (χ3v) is 16.8. The molecule has 0 aliphatic carbocycles. The minimum Gasteiger partial charge on any atom is -0.756 e. The van der Waals surface area contributed by atoms with Crippen LogP contribution in [0.3, 0.4) is 0 Å². The lowest BCUT2D eigenvalue weighted by Gasteiger charge is -2.29. The van der Waals surface area contributed by atoms with Crippen LogP contribution < -0.4 is 10.2 Å². The van der Waals surface area contributed by atoms with Gasteiger partial charge in [-0.05, 0) is 51.4 Å². The van der Waals surface area contributed by atoms with Crippen LogP contribution in [0.15, 0.2) is 36.5 Å². The highest BCUT2D eigenvalue weighted by atomic mass is 31.2. The van der Waals surface area contributed by atoms with Gasteiger partial charge in [-0.2, -0.15) is 0 Å². The van der Waals surface area contributed by atoms with Gasteiger partial charge < -0.3 is 28.8 Å². The zero-order valence-corrected chi connectivity index (χ0v) is 53.8. The van der Waals surface area contributed by atoms with Crippen LogP contribution in [0.25, 0.3) is 0 Å². The van der Waals surface area contributed by atoms with Crippen molar-refractivity contribution in [2.75, 3.05) is 40.9 Å². The topological polar surface area (TPSA) is 108 Å². The summed E-state index contributed by atoms with van der Waals surface area (Å²) in [5.74, 6) is -0.191. The molecule has 1 amide bonds. The van der Waals surface area contributed by atoms with E-state index in [9.17, 15) is 19.4 Å². The predicted molar refractivity (Wildman–Crippen MR) is 339 cm³/mol. The first-order valence-corrected chi connectivity index (χ1v) is 35.8. The molecular weight excluding hydrogens is 984 g/mol. The number of phosphoric acid groups is 1. The molecule has 0 radical (unpaired) electrons. The van der Waals surface area contributed by atoms with E-state index in [1.807, 2.05) is 27.2 Å². The first-order chi connectivity index (χ1) is 38.0. The molecule has 0 saturated carbocycles. The Bertz CT molecular complexity index is 1360. The van der Waals surface area contributed by atoms with Crippen LogP contribution in [0.2, 0.25) is 0 Å². The van der Waals surface area contributed by atoms with E-state index < -0.39 is 20.0 Å². The molecule has 3 atom stereocenters. The monoisotopic (exact) mass is 1120 g/mol. The molecular formula is C69H135N2O6P. The molecule has 0 fully saturated rings. The van der Waals surface area contributed by atoms with Gasteiger partial charge in [0.1, 0.15) is 13.2 Å². The maximum atomic E-state index is 13.0. The summed E-state index contributed by atoms with van der Waals surface area (Å²) in [5, 5.41) is 14.0. The summed E-state index contributed by atoms with van der Waals surface area (Å²) >= 11 is 0. The number of hydrogen-bond donors (Lipinski definition) is 2. The average Bonchev–Trinajstić information content (AvgIpc) is 3.41. The number of quaternary nitrogens is 1. The van der Waals surface area contributed by atoms with Crippen LogP contribution in [0, 0.1) is 0 Å². The Kier molecular flexibility index (Phi) is 59.3. The van der Waals surface area contributed by atoms with Crippen molar-refractivity contribution in [2.45, 2.75) is 360 Å². The number of carbonyl (C=O) groups is 1. The van der Waals surface area contributed by atoms with Crippen LogP contribution in [-0.2, 0) is 18.4 Å². The molecule has 78 heavy (non-hydrogen) atoms. The molecule has 0 rings (SSSR count). The molecule has 8 nitrogen and oxygen atoms in total. The summed E-state index contributed by atoms with van der Waals surface area (Å²) < 4.78 is 23.5. The molecule has 0 heterocycles. The van der Waals surface area contributed by atoms with Gasteiger partial charge in [-0.1, -0.05) is 326 Å². The number of nitrogens with zero attached hydrogens (tertiary/aromatic N) is 1. The highest BCUT2D eigenvalue weighted by Crippen LogP contribution is 2.38. The number of carbonyl (C=O) groups excluding carboxylic acids is 1. The van der Waals surface area contributed by atoms with Crippen LogP contribution >= 0.6 is 7.82 Å². The number of allylic oxidation sites excluding steroid dienone is 5. The fourth-order valence-electron chi connectivity index (χ4n) is 10.5. The van der Waals surface area contributed by atoms with Gasteiger partial charge in [0.05, 0.1) is 39.9 Å². The Labute approximate surface area is 487 Å². The second kappa shape index (κ2) is 60.3. The van der Waals surface area contributed by atoms with Gasteiger partial charge >= 0.3 is 0 Å².